The lowest BCUT2D eigenvalue weighted by atomic mass is 9.75. The van der Waals surface area contributed by atoms with Crippen molar-refractivity contribution in [3.63, 3.8) is 0 Å². The lowest BCUT2D eigenvalue weighted by molar-refractivity contribution is -0.138. The molecule has 1 aliphatic carbocycles. The minimum Gasteiger partial charge on any atom is -0.463 e. The molecular weight excluding hydrogens is 361 g/mol. The van der Waals surface area contributed by atoms with Crippen LogP contribution in [0.4, 0.5) is 0 Å². The van der Waals surface area contributed by atoms with Gasteiger partial charge in [-0.15, -0.1) is 0 Å². The van der Waals surface area contributed by atoms with E-state index in [1.807, 2.05) is 13.0 Å². The summed E-state index contributed by atoms with van der Waals surface area (Å²) in [6, 6.07) is 5.27. The quantitative estimate of drug-likeness (QED) is 0.784. The van der Waals surface area contributed by atoms with Crippen LogP contribution in [0.2, 0.25) is 10.0 Å². The Bertz CT molecular complexity index is 811. The molecule has 1 aliphatic heterocycles. The van der Waals surface area contributed by atoms with Crippen molar-refractivity contribution < 1.29 is 14.3 Å². The third-order valence-electron chi connectivity index (χ3n) is 4.56. The van der Waals surface area contributed by atoms with Gasteiger partial charge in [-0.2, -0.15) is 0 Å². The van der Waals surface area contributed by atoms with E-state index in [9.17, 15) is 9.59 Å². The zero-order valence-electron chi connectivity index (χ0n) is 14.1. The number of hydrogen-bond acceptors (Lipinski definition) is 4. The molecule has 0 unspecified atom stereocenters. The van der Waals surface area contributed by atoms with Crippen LogP contribution in [0.3, 0.4) is 0 Å². The lowest BCUT2D eigenvalue weighted by Crippen LogP contribution is -2.34. The Kier molecular flexibility index (Phi) is 5.21. The molecule has 0 radical (unpaired) electrons. The number of nitrogens with one attached hydrogen (secondary N) is 1. The van der Waals surface area contributed by atoms with Crippen molar-refractivity contribution in [3.8, 4) is 0 Å². The standard InChI is InChI=1S/C19H19Cl2NO3/c1-3-25-19(24)15-10(2)22-13-8-5-9-14(23)17(13)16(15)11-6-4-7-12(20)18(11)21/h4,6-7,16,22H,3,5,8-9H2,1-2H3/t16-/m0/s1. The smallest absolute Gasteiger partial charge is 0.336 e. The van der Waals surface area contributed by atoms with E-state index >= 15 is 0 Å². The van der Waals surface area contributed by atoms with Crippen molar-refractivity contribution in [2.24, 2.45) is 0 Å². The summed E-state index contributed by atoms with van der Waals surface area (Å²) in [5.41, 5.74) is 3.22. The van der Waals surface area contributed by atoms with E-state index in [2.05, 4.69) is 5.32 Å². The van der Waals surface area contributed by atoms with E-state index in [-0.39, 0.29) is 12.4 Å². The zero-order chi connectivity index (χ0) is 18.1. The van der Waals surface area contributed by atoms with Crippen LogP contribution in [0.25, 0.3) is 0 Å². The molecule has 0 fully saturated rings. The largest absolute Gasteiger partial charge is 0.463 e. The molecule has 1 aromatic carbocycles. The summed E-state index contributed by atoms with van der Waals surface area (Å²) in [4.78, 5) is 25.3. The number of dihydropyridines is 1. The van der Waals surface area contributed by atoms with Crippen LogP contribution >= 0.6 is 23.2 Å². The molecule has 0 saturated carbocycles. The fourth-order valence-electron chi connectivity index (χ4n) is 3.52. The van der Waals surface area contributed by atoms with Gasteiger partial charge in [-0.1, -0.05) is 35.3 Å². The highest BCUT2D eigenvalue weighted by molar-refractivity contribution is 6.42. The number of carbonyl (C=O) groups excluding carboxylic acids is 2. The maximum atomic E-state index is 12.7. The summed E-state index contributed by atoms with van der Waals surface area (Å²) < 4.78 is 5.24. The molecule has 1 atom stereocenters. The highest BCUT2D eigenvalue weighted by Crippen LogP contribution is 2.45. The molecule has 25 heavy (non-hydrogen) atoms. The Morgan fingerprint density at radius 3 is 2.80 bits per heavy atom. The molecule has 132 valence electrons. The number of esters is 1. The van der Waals surface area contributed by atoms with Gasteiger partial charge in [-0.25, -0.2) is 4.79 Å². The number of halogens is 2. The van der Waals surface area contributed by atoms with Gasteiger partial charge >= 0.3 is 5.97 Å². The van der Waals surface area contributed by atoms with Crippen molar-refractivity contribution >= 4 is 35.0 Å². The molecular formula is C19H19Cl2NO3. The molecule has 2 aliphatic rings. The summed E-state index contributed by atoms with van der Waals surface area (Å²) in [6.07, 6.45) is 2.02. The average molecular weight is 380 g/mol. The molecule has 0 amide bonds. The van der Waals surface area contributed by atoms with Crippen LogP contribution in [-0.2, 0) is 14.3 Å². The van der Waals surface area contributed by atoms with Crippen LogP contribution in [-0.4, -0.2) is 18.4 Å². The van der Waals surface area contributed by atoms with E-state index in [0.717, 1.165) is 18.5 Å². The van der Waals surface area contributed by atoms with Gasteiger partial charge in [0.25, 0.3) is 0 Å². The maximum absolute atomic E-state index is 12.7. The number of carbonyl (C=O) groups is 2. The Labute approximate surface area is 156 Å². The second kappa shape index (κ2) is 7.22. The maximum Gasteiger partial charge on any atom is 0.336 e. The molecule has 0 bridgehead atoms. The van der Waals surface area contributed by atoms with Gasteiger partial charge in [0.15, 0.2) is 5.78 Å². The summed E-state index contributed by atoms with van der Waals surface area (Å²) in [5.74, 6) is -0.975. The molecule has 0 saturated heterocycles. The number of hydrogen-bond donors (Lipinski definition) is 1. The van der Waals surface area contributed by atoms with Crippen molar-refractivity contribution in [1.29, 1.82) is 0 Å². The second-order valence-electron chi connectivity index (χ2n) is 6.13. The van der Waals surface area contributed by atoms with Crippen LogP contribution in [0.15, 0.2) is 40.7 Å². The summed E-state index contributed by atoms with van der Waals surface area (Å²) in [7, 11) is 0. The number of allylic oxidation sites excluding steroid dienone is 3. The number of ether oxygens (including phenoxy) is 1. The van der Waals surface area contributed by atoms with Gasteiger partial charge in [-0.05, 0) is 38.3 Å². The first kappa shape index (κ1) is 18.0. The first-order valence-electron chi connectivity index (χ1n) is 8.30. The van der Waals surface area contributed by atoms with E-state index in [1.165, 1.54) is 0 Å². The molecule has 1 aromatic rings. The highest BCUT2D eigenvalue weighted by Gasteiger charge is 2.40. The lowest BCUT2D eigenvalue weighted by Gasteiger charge is -2.34. The molecule has 6 heteroatoms. The number of benzene rings is 1. The minimum atomic E-state index is -0.561. The van der Waals surface area contributed by atoms with Crippen LogP contribution < -0.4 is 5.32 Å². The summed E-state index contributed by atoms with van der Waals surface area (Å²) in [5, 5.41) is 3.98. The monoisotopic (exact) mass is 379 g/mol. The first-order chi connectivity index (χ1) is 12.0. The minimum absolute atomic E-state index is 0.0316. The predicted molar refractivity (Wildman–Crippen MR) is 97.6 cm³/mol. The number of Topliss-reactive ketones (excluding diaryl/α,β-unsaturated/α-hetero) is 1. The average Bonchev–Trinajstić information content (AvgIpc) is 2.56. The van der Waals surface area contributed by atoms with Crippen molar-refractivity contribution in [3.05, 3.63) is 56.3 Å². The fourth-order valence-corrected chi connectivity index (χ4v) is 3.93. The zero-order valence-corrected chi connectivity index (χ0v) is 15.6. The van der Waals surface area contributed by atoms with Gasteiger partial charge < -0.3 is 10.1 Å². The van der Waals surface area contributed by atoms with Crippen molar-refractivity contribution in [2.45, 2.75) is 39.0 Å². The highest BCUT2D eigenvalue weighted by atomic mass is 35.5. The number of rotatable bonds is 3. The Morgan fingerprint density at radius 1 is 1.32 bits per heavy atom. The SMILES string of the molecule is CCOC(=O)C1=C(C)NC2=C(C(=O)CCC2)[C@H]1c1cccc(Cl)c1Cl. The van der Waals surface area contributed by atoms with Crippen LogP contribution in [0.1, 0.15) is 44.6 Å². The van der Waals surface area contributed by atoms with Gasteiger partial charge in [0, 0.05) is 29.3 Å². The molecule has 0 aromatic heterocycles. The Hall–Kier alpha value is -1.78. The molecule has 3 rings (SSSR count). The summed E-state index contributed by atoms with van der Waals surface area (Å²) >= 11 is 12.6. The van der Waals surface area contributed by atoms with E-state index in [4.69, 9.17) is 27.9 Å². The van der Waals surface area contributed by atoms with Crippen LogP contribution in [0, 0.1) is 0 Å². The van der Waals surface area contributed by atoms with Crippen molar-refractivity contribution in [2.75, 3.05) is 6.61 Å². The third kappa shape index (κ3) is 3.21. The van der Waals surface area contributed by atoms with Crippen LogP contribution in [0.5, 0.6) is 0 Å². The number of ketones is 1. The summed E-state index contributed by atoms with van der Waals surface area (Å²) in [6.45, 7) is 3.83. The molecule has 4 nitrogen and oxygen atoms in total. The Balaban J connectivity index is 2.22. The third-order valence-corrected chi connectivity index (χ3v) is 5.40. The predicted octanol–water partition coefficient (Wildman–Crippen LogP) is 4.52. The van der Waals surface area contributed by atoms with Gasteiger partial charge in [0.2, 0.25) is 0 Å². The Morgan fingerprint density at radius 2 is 2.08 bits per heavy atom. The van der Waals surface area contributed by atoms with E-state index in [1.54, 1.807) is 19.1 Å². The van der Waals surface area contributed by atoms with E-state index in [0.29, 0.717) is 38.9 Å². The second-order valence-corrected chi connectivity index (χ2v) is 6.91. The van der Waals surface area contributed by atoms with E-state index < -0.39 is 11.9 Å². The first-order valence-corrected chi connectivity index (χ1v) is 9.06. The van der Waals surface area contributed by atoms with Gasteiger partial charge in [0.05, 0.1) is 22.2 Å². The van der Waals surface area contributed by atoms with Gasteiger partial charge in [-0.3, -0.25) is 4.79 Å². The topological polar surface area (TPSA) is 55.4 Å². The molecule has 1 N–H and O–H groups in total. The van der Waals surface area contributed by atoms with Gasteiger partial charge in [0.1, 0.15) is 0 Å². The molecule has 1 heterocycles. The molecule has 0 spiro atoms. The van der Waals surface area contributed by atoms with Crippen molar-refractivity contribution in [1.82, 2.24) is 5.32 Å². The fraction of sp³-hybridized carbons (Fsp3) is 0.368. The normalized spacial score (nSPS) is 20.3.